The molecule has 0 aliphatic carbocycles. The Bertz CT molecular complexity index is 5500. The number of aromatic carboxylic acids is 1. The number of carbonyl (C=O) groups is 3. The Morgan fingerprint density at radius 3 is 1.12 bits per heavy atom. The summed E-state index contributed by atoms with van der Waals surface area (Å²) >= 11 is 0. The summed E-state index contributed by atoms with van der Waals surface area (Å²) in [6.07, 6.45) is 4.32. The number of nitriles is 1. The number of carboxylic acids is 1. The topological polar surface area (TPSA) is 355 Å². The number of hydrogen-bond donors (Lipinski definition) is 7. The van der Waals surface area contributed by atoms with Gasteiger partial charge in [-0.2, -0.15) is 13.2 Å². The first-order valence-corrected chi connectivity index (χ1v) is 38.3. The van der Waals surface area contributed by atoms with Gasteiger partial charge < -0.3 is 65.2 Å². The van der Waals surface area contributed by atoms with Crippen LogP contribution in [0.5, 0.6) is 0 Å². The Morgan fingerprint density at radius 2 is 0.789 bits per heavy atom. The van der Waals surface area contributed by atoms with Gasteiger partial charge in [-0.05, 0) is 164 Å². The van der Waals surface area contributed by atoms with E-state index in [4.69, 9.17) is 57.1 Å². The normalized spacial score (nSPS) is 11.5. The zero-order chi connectivity index (χ0) is 91.2. The summed E-state index contributed by atoms with van der Waals surface area (Å²) in [6, 6.07) is 64.1. The second-order valence-electron chi connectivity index (χ2n) is 27.8. The van der Waals surface area contributed by atoms with E-state index < -0.39 is 29.6 Å². The molecule has 0 fully saturated rings. The fourth-order valence-corrected chi connectivity index (χ4v) is 11.0. The summed E-state index contributed by atoms with van der Waals surface area (Å²) in [5.74, 6) is -2.49. The number of pyridine rings is 1. The van der Waals surface area contributed by atoms with Gasteiger partial charge in [0, 0.05) is 152 Å². The standard InChI is InChI=1S/C21H17N2O4.C19H14F3N2.C19H11N4.C16H9F2N2.C6H5NO2.3C5H12O2.4Ir/c1-13-12-22-18(14-4-8-16(9-5-14)20(24)26-2)19(23-13)15-6-10-17(11-7-15)21(25)27-3;1-12-3-5-15(6-4-12)18-17(23-11-13(2)24-18)14-7-9-16(10-8-14)19(20,21)22;1-13-12-22-18(15-5-3-14(11-20)4-6-15)19(23-13)16-7-9-17(21-2)10-8-16;17-13-5-1-11(2-6-13)15-16(20-10-9-19-15)12-3-7-14(18)8-4-12;8-6(9)5-3-1-2-4-7-5;3*1-4(6)3-5(2)7;;;;/h4,6-12H,1-3H3;3-7,9-11H,1-2H3;3-5,7-10,12H,1H3;1-3,5-10H;1-4H,(H,8,9);3*4-7H,3H2,1-2H3;;;;/q4*-1;;;;;;;;. The number of nitrogens with zero attached hydrogens (tertiary/aromatic N) is 11. The number of alkyl halides is 3. The van der Waals surface area contributed by atoms with Gasteiger partial charge in [0.2, 0.25) is 0 Å². The smallest absolute Gasteiger partial charge is 0.381 e. The van der Waals surface area contributed by atoms with Crippen LogP contribution >= 0.6 is 0 Å². The minimum absolute atomic E-state index is 0. The summed E-state index contributed by atoms with van der Waals surface area (Å²) in [5.41, 5.74) is 15.7. The molecule has 0 aliphatic heterocycles. The Morgan fingerprint density at radius 1 is 0.430 bits per heavy atom. The molecule has 128 heavy (non-hydrogen) atoms. The van der Waals surface area contributed by atoms with E-state index in [2.05, 4.69) is 80.0 Å². The number of aromatic nitrogens is 9. The molecular formula is C96H92F5Ir4N11O12-4. The second-order valence-corrected chi connectivity index (χ2v) is 27.8. The summed E-state index contributed by atoms with van der Waals surface area (Å²) in [7, 11) is 2.67. The molecule has 32 heteroatoms. The maximum Gasteiger partial charge on any atom is 0.381 e. The maximum atomic E-state index is 13.0. The van der Waals surface area contributed by atoms with Gasteiger partial charge in [-0.25, -0.2) is 29.1 Å². The summed E-state index contributed by atoms with van der Waals surface area (Å²) in [6.45, 7) is 24.5. The molecule has 0 amide bonds. The van der Waals surface area contributed by atoms with E-state index in [1.807, 2.05) is 70.2 Å². The molecule has 8 aromatic carbocycles. The van der Waals surface area contributed by atoms with Crippen LogP contribution in [0.1, 0.15) is 126 Å². The number of ether oxygens (including phenoxy) is 2. The molecule has 0 spiro atoms. The van der Waals surface area contributed by atoms with Crippen molar-refractivity contribution in [1.29, 1.82) is 5.26 Å². The SMILES string of the molecule is CC(O)CC(C)O.CC(O)CC(C)O.CC(O)CC(C)O.COC(=O)c1c[c-]c(-c2ncc(C)nc2-c2ccc(C(=O)OC)cc2)cc1.Cc1ccc(-c2nc(C)cnc2-c2[c-]cc(C(F)(F)F)cc2)cc1.Fc1c[c-]c(-c2nccnc2-c2ccc(F)cc2)cc1.O=C(O)c1ccccn1.[C-]#[N+]c1ccc(-c2nc(C)cnc2-c2[c-]cc(C#N)cc2)cc1.[Ir].[Ir].[Ir].[Ir]. The molecule has 5 heterocycles. The van der Waals surface area contributed by atoms with Crippen molar-refractivity contribution >= 4 is 23.6 Å². The van der Waals surface area contributed by atoms with Crippen molar-refractivity contribution in [2.24, 2.45) is 0 Å². The van der Waals surface area contributed by atoms with Crippen molar-refractivity contribution in [3.05, 3.63) is 323 Å². The number of carboxylic acid groups (broad SMARTS) is 1. The quantitative estimate of drug-likeness (QED) is 0.0253. The van der Waals surface area contributed by atoms with E-state index >= 15 is 0 Å². The van der Waals surface area contributed by atoms with Crippen molar-refractivity contribution < 1.29 is 162 Å². The number of benzene rings is 8. The van der Waals surface area contributed by atoms with E-state index in [0.29, 0.717) is 98.2 Å². The van der Waals surface area contributed by atoms with Crippen LogP contribution in [0.25, 0.3) is 94.9 Å². The summed E-state index contributed by atoms with van der Waals surface area (Å²) in [5, 5.41) is 68.6. The number of rotatable bonds is 17. The molecular weight excluding hydrogens is 2360 g/mol. The van der Waals surface area contributed by atoms with Gasteiger partial charge in [-0.15, -0.1) is 119 Å². The number of methoxy groups -OCH3 is 2. The first kappa shape index (κ1) is 113. The van der Waals surface area contributed by atoms with Gasteiger partial charge >= 0.3 is 18.1 Å². The monoisotopic (exact) mass is 2460 g/mol. The van der Waals surface area contributed by atoms with Crippen LogP contribution in [0.3, 0.4) is 0 Å². The largest absolute Gasteiger partial charge is 0.477 e. The van der Waals surface area contributed by atoms with E-state index in [-0.39, 0.29) is 134 Å². The van der Waals surface area contributed by atoms with Crippen molar-refractivity contribution in [1.82, 2.24) is 44.9 Å². The van der Waals surface area contributed by atoms with Crippen molar-refractivity contribution in [3.63, 3.8) is 0 Å². The molecule has 0 aliphatic rings. The fourth-order valence-electron chi connectivity index (χ4n) is 11.0. The van der Waals surface area contributed by atoms with Crippen LogP contribution in [-0.2, 0) is 96.1 Å². The van der Waals surface area contributed by atoms with Crippen LogP contribution in [0.2, 0.25) is 0 Å². The van der Waals surface area contributed by atoms with Gasteiger partial charge in [0.1, 0.15) is 11.5 Å². The molecule has 13 aromatic rings. The first-order valence-electron chi connectivity index (χ1n) is 38.3. The third-order valence-corrected chi connectivity index (χ3v) is 16.7. The first-order chi connectivity index (χ1) is 59.0. The van der Waals surface area contributed by atoms with Crippen molar-refractivity contribution in [2.45, 2.75) is 131 Å². The Hall–Kier alpha value is -11.4. The van der Waals surface area contributed by atoms with Gasteiger partial charge in [-0.1, -0.05) is 84.4 Å². The molecule has 23 nitrogen and oxygen atoms in total. The van der Waals surface area contributed by atoms with Crippen LogP contribution in [0.15, 0.2) is 225 Å². The number of esters is 2. The van der Waals surface area contributed by atoms with E-state index in [0.717, 1.165) is 68.3 Å². The van der Waals surface area contributed by atoms with E-state index in [9.17, 15) is 36.3 Å². The number of hydrogen-bond acceptors (Lipinski definition) is 21. The Balaban J connectivity index is 0.000000517. The zero-order valence-corrected chi connectivity index (χ0v) is 80.8. The number of aliphatic hydroxyl groups is 6. The maximum absolute atomic E-state index is 13.0. The van der Waals surface area contributed by atoms with Gasteiger partial charge in [0.25, 0.3) is 5.97 Å². The van der Waals surface area contributed by atoms with Crippen LogP contribution in [0, 0.1) is 81.5 Å². The molecule has 0 saturated carbocycles. The molecule has 13 rings (SSSR count). The molecule has 0 bridgehead atoms. The Labute approximate surface area is 794 Å². The molecule has 6 atom stereocenters. The summed E-state index contributed by atoms with van der Waals surface area (Å²) in [4.78, 5) is 75.9. The minimum atomic E-state index is -4.38. The third kappa shape index (κ3) is 38.3. The molecule has 5 aromatic heterocycles. The van der Waals surface area contributed by atoms with E-state index in [1.165, 1.54) is 56.8 Å². The van der Waals surface area contributed by atoms with E-state index in [1.54, 1.807) is 170 Å². The van der Waals surface area contributed by atoms with Crippen LogP contribution in [0.4, 0.5) is 27.6 Å². The molecule has 7 N–H and O–H groups in total. The number of halogens is 5. The van der Waals surface area contributed by atoms with Gasteiger partial charge in [0.15, 0.2) is 5.69 Å². The third-order valence-electron chi connectivity index (χ3n) is 16.7. The predicted molar refractivity (Wildman–Crippen MR) is 460 cm³/mol. The minimum Gasteiger partial charge on any atom is -0.477 e. The Kier molecular flexibility index (Phi) is 50.6. The molecule has 0 saturated heterocycles. The molecule has 4 radical (unpaired) electrons. The van der Waals surface area contributed by atoms with Crippen LogP contribution < -0.4 is 0 Å². The van der Waals surface area contributed by atoms with Gasteiger partial charge in [0.05, 0.1) is 103 Å². The second kappa shape index (κ2) is 57.4. The van der Waals surface area contributed by atoms with Crippen molar-refractivity contribution in [3.8, 4) is 96.1 Å². The number of aryl methyl sites for hydroxylation is 4. The predicted octanol–water partition coefficient (Wildman–Crippen LogP) is 18.2. The van der Waals surface area contributed by atoms with Gasteiger partial charge in [-0.3, -0.25) is 29.1 Å². The number of carbonyl (C=O) groups excluding carboxylic acids is 2. The number of aliphatic hydroxyl groups excluding tert-OH is 6. The fraction of sp³-hybridized carbons (Fsp3) is 0.229. The summed E-state index contributed by atoms with van der Waals surface area (Å²) < 4.78 is 73.5. The zero-order valence-electron chi connectivity index (χ0n) is 71.3. The molecule has 678 valence electrons. The van der Waals surface area contributed by atoms with Crippen LogP contribution in [-0.4, -0.2) is 149 Å². The average molecular weight is 2460 g/mol. The molecule has 6 unspecified atom stereocenters. The van der Waals surface area contributed by atoms with Crippen molar-refractivity contribution in [2.75, 3.05) is 14.2 Å². The average Bonchev–Trinajstić information content (AvgIpc) is 0.809.